The zero-order valence-electron chi connectivity index (χ0n) is 12.6. The van der Waals surface area contributed by atoms with Crippen molar-refractivity contribution < 1.29 is 14.3 Å². The van der Waals surface area contributed by atoms with Crippen molar-refractivity contribution in [3.05, 3.63) is 50.2 Å². The quantitative estimate of drug-likeness (QED) is 0.560. The molecule has 0 saturated carbocycles. The highest BCUT2D eigenvalue weighted by molar-refractivity contribution is 6.46. The van der Waals surface area contributed by atoms with Crippen LogP contribution in [0.1, 0.15) is 17.4 Å². The molecule has 10 heteroatoms. The lowest BCUT2D eigenvalue weighted by Gasteiger charge is -2.15. The standard InChI is InChI=1S/C15H11Cl4N3O3/c1-6(14(23)21-8-5-3-2-4-7(8)16)25-15(24)12-9(17)11(20)10(18)13(19)22-12/h2-6H,1H3,(H2,20,22)(H,21,23). The van der Waals surface area contributed by atoms with Gasteiger partial charge in [0.15, 0.2) is 17.0 Å². The number of nitrogen functional groups attached to an aromatic ring is 1. The smallest absolute Gasteiger partial charge is 0.359 e. The Bertz CT molecular complexity index is 845. The number of carbonyl (C=O) groups is 2. The highest BCUT2D eigenvalue weighted by Crippen LogP contribution is 2.34. The Kier molecular flexibility index (Phi) is 6.35. The van der Waals surface area contributed by atoms with Gasteiger partial charge in [0, 0.05) is 0 Å². The van der Waals surface area contributed by atoms with Gasteiger partial charge in [-0.2, -0.15) is 0 Å². The predicted molar refractivity (Wildman–Crippen MR) is 98.6 cm³/mol. The van der Waals surface area contributed by atoms with Gasteiger partial charge in [0.2, 0.25) is 0 Å². The van der Waals surface area contributed by atoms with E-state index in [-0.39, 0.29) is 26.6 Å². The van der Waals surface area contributed by atoms with Crippen molar-refractivity contribution in [3.63, 3.8) is 0 Å². The van der Waals surface area contributed by atoms with Crippen LogP contribution in [0.25, 0.3) is 0 Å². The van der Waals surface area contributed by atoms with E-state index in [2.05, 4.69) is 10.3 Å². The van der Waals surface area contributed by atoms with Gasteiger partial charge in [-0.1, -0.05) is 58.5 Å². The zero-order chi connectivity index (χ0) is 18.7. The van der Waals surface area contributed by atoms with Gasteiger partial charge in [-0.3, -0.25) is 4.79 Å². The predicted octanol–water partition coefficient (Wildman–Crippen LogP) is 4.46. The van der Waals surface area contributed by atoms with Crippen LogP contribution in [0.4, 0.5) is 11.4 Å². The Morgan fingerprint density at radius 2 is 1.80 bits per heavy atom. The number of hydrogen-bond donors (Lipinski definition) is 2. The highest BCUT2D eigenvalue weighted by atomic mass is 35.5. The number of amides is 1. The number of hydrogen-bond acceptors (Lipinski definition) is 5. The average molecular weight is 423 g/mol. The van der Waals surface area contributed by atoms with Crippen LogP contribution in [0.5, 0.6) is 0 Å². The molecule has 2 aromatic rings. The second-order valence-corrected chi connectivity index (χ2v) is 6.33. The maximum atomic E-state index is 12.2. The number of aromatic nitrogens is 1. The molecule has 25 heavy (non-hydrogen) atoms. The third kappa shape index (κ3) is 4.46. The molecule has 0 aliphatic heterocycles. The van der Waals surface area contributed by atoms with Crippen molar-refractivity contribution in [2.45, 2.75) is 13.0 Å². The third-order valence-electron chi connectivity index (χ3n) is 3.05. The molecule has 0 spiro atoms. The molecule has 3 N–H and O–H groups in total. The summed E-state index contributed by atoms with van der Waals surface area (Å²) in [5, 5.41) is 2.39. The lowest BCUT2D eigenvalue weighted by Crippen LogP contribution is -2.30. The largest absolute Gasteiger partial charge is 0.448 e. The van der Waals surface area contributed by atoms with E-state index < -0.39 is 18.0 Å². The van der Waals surface area contributed by atoms with Crippen molar-refractivity contribution in [2.24, 2.45) is 0 Å². The van der Waals surface area contributed by atoms with E-state index in [0.29, 0.717) is 10.7 Å². The number of pyridine rings is 1. The van der Waals surface area contributed by atoms with Gasteiger partial charge in [-0.25, -0.2) is 9.78 Å². The van der Waals surface area contributed by atoms with Crippen LogP contribution in [0, 0.1) is 0 Å². The van der Waals surface area contributed by atoms with Crippen molar-refractivity contribution >= 4 is 69.7 Å². The molecule has 1 aromatic carbocycles. The topological polar surface area (TPSA) is 94.3 Å². The van der Waals surface area contributed by atoms with Gasteiger partial charge in [-0.05, 0) is 19.1 Å². The van der Waals surface area contributed by atoms with Crippen LogP contribution < -0.4 is 11.1 Å². The molecular formula is C15H11Cl4N3O3. The van der Waals surface area contributed by atoms with Gasteiger partial charge < -0.3 is 15.8 Å². The van der Waals surface area contributed by atoms with Crippen molar-refractivity contribution in [3.8, 4) is 0 Å². The first-order valence-corrected chi connectivity index (χ1v) is 8.30. The number of rotatable bonds is 4. The van der Waals surface area contributed by atoms with E-state index in [9.17, 15) is 9.59 Å². The number of ether oxygens (including phenoxy) is 1. The lowest BCUT2D eigenvalue weighted by atomic mass is 10.3. The minimum absolute atomic E-state index is 0.0762. The molecule has 0 aliphatic rings. The van der Waals surface area contributed by atoms with E-state index in [1.165, 1.54) is 6.92 Å². The number of benzene rings is 1. The Hall–Kier alpha value is -1.73. The second-order valence-electron chi connectivity index (χ2n) is 4.81. The van der Waals surface area contributed by atoms with Gasteiger partial charge in [0.05, 0.1) is 21.4 Å². The second kappa shape index (κ2) is 8.10. The van der Waals surface area contributed by atoms with Crippen LogP contribution in [-0.4, -0.2) is 23.0 Å². The fourth-order valence-corrected chi connectivity index (χ4v) is 2.50. The first kappa shape index (κ1) is 19.6. The number of nitrogens with one attached hydrogen (secondary N) is 1. The van der Waals surface area contributed by atoms with Crippen LogP contribution in [0.2, 0.25) is 20.2 Å². The number of para-hydroxylation sites is 1. The number of esters is 1. The molecule has 6 nitrogen and oxygen atoms in total. The van der Waals surface area contributed by atoms with Gasteiger partial charge in [0.1, 0.15) is 5.02 Å². The van der Waals surface area contributed by atoms with E-state index in [1.54, 1.807) is 24.3 Å². The molecule has 0 radical (unpaired) electrons. The summed E-state index contributed by atoms with van der Waals surface area (Å²) in [5.41, 5.74) is 5.57. The number of nitrogens with two attached hydrogens (primary N) is 1. The molecule has 2 rings (SSSR count). The van der Waals surface area contributed by atoms with Gasteiger partial charge in [-0.15, -0.1) is 0 Å². The molecule has 0 aliphatic carbocycles. The fraction of sp³-hybridized carbons (Fsp3) is 0.133. The van der Waals surface area contributed by atoms with Crippen LogP contribution in [0.3, 0.4) is 0 Å². The Labute approximate surface area is 163 Å². The van der Waals surface area contributed by atoms with Gasteiger partial charge in [0.25, 0.3) is 5.91 Å². The first-order valence-electron chi connectivity index (χ1n) is 6.78. The van der Waals surface area contributed by atoms with Crippen LogP contribution in [-0.2, 0) is 9.53 Å². The Morgan fingerprint density at radius 3 is 2.44 bits per heavy atom. The molecule has 0 fully saturated rings. The summed E-state index contributed by atoms with van der Waals surface area (Å²) in [6.07, 6.45) is -1.16. The first-order chi connectivity index (χ1) is 11.7. The molecule has 1 heterocycles. The van der Waals surface area contributed by atoms with E-state index >= 15 is 0 Å². The number of carbonyl (C=O) groups excluding carboxylic acids is 2. The SMILES string of the molecule is CC(OC(=O)c1nc(Cl)c(Cl)c(N)c1Cl)C(=O)Nc1ccccc1Cl. The molecule has 0 bridgehead atoms. The molecule has 1 atom stereocenters. The molecular weight excluding hydrogens is 412 g/mol. The summed E-state index contributed by atoms with van der Waals surface area (Å²) in [6.45, 7) is 1.37. The van der Waals surface area contributed by atoms with Crippen molar-refractivity contribution in [1.82, 2.24) is 4.98 Å². The third-order valence-corrected chi connectivity index (χ3v) is 4.52. The number of halogens is 4. The summed E-state index contributed by atoms with van der Waals surface area (Å²) < 4.78 is 5.04. The summed E-state index contributed by atoms with van der Waals surface area (Å²) in [4.78, 5) is 28.1. The van der Waals surface area contributed by atoms with Crippen molar-refractivity contribution in [2.75, 3.05) is 11.1 Å². The Morgan fingerprint density at radius 1 is 1.16 bits per heavy atom. The zero-order valence-corrected chi connectivity index (χ0v) is 15.7. The maximum absolute atomic E-state index is 12.2. The molecule has 1 amide bonds. The monoisotopic (exact) mass is 421 g/mol. The molecule has 1 unspecified atom stereocenters. The van der Waals surface area contributed by atoms with E-state index in [4.69, 9.17) is 56.9 Å². The normalized spacial score (nSPS) is 11.7. The number of anilines is 2. The minimum atomic E-state index is -1.16. The summed E-state index contributed by atoms with van der Waals surface area (Å²) in [6, 6.07) is 6.62. The maximum Gasteiger partial charge on any atom is 0.359 e. The molecule has 1 aromatic heterocycles. The number of nitrogens with zero attached hydrogens (tertiary/aromatic N) is 1. The Balaban J connectivity index is 2.13. The molecule has 0 saturated heterocycles. The van der Waals surface area contributed by atoms with E-state index in [0.717, 1.165) is 0 Å². The van der Waals surface area contributed by atoms with Crippen LogP contribution in [0.15, 0.2) is 24.3 Å². The highest BCUT2D eigenvalue weighted by Gasteiger charge is 2.25. The summed E-state index contributed by atoms with van der Waals surface area (Å²) >= 11 is 23.4. The molecule has 132 valence electrons. The minimum Gasteiger partial charge on any atom is -0.448 e. The fourth-order valence-electron chi connectivity index (χ4n) is 1.73. The van der Waals surface area contributed by atoms with Gasteiger partial charge >= 0.3 is 5.97 Å². The van der Waals surface area contributed by atoms with E-state index in [1.807, 2.05) is 0 Å². The lowest BCUT2D eigenvalue weighted by molar-refractivity contribution is -0.123. The summed E-state index contributed by atoms with van der Waals surface area (Å²) in [5.74, 6) is -1.57. The summed E-state index contributed by atoms with van der Waals surface area (Å²) in [7, 11) is 0. The van der Waals surface area contributed by atoms with Crippen molar-refractivity contribution in [1.29, 1.82) is 0 Å². The van der Waals surface area contributed by atoms with Crippen LogP contribution >= 0.6 is 46.4 Å². The average Bonchev–Trinajstić information content (AvgIpc) is 2.58.